The van der Waals surface area contributed by atoms with Crippen molar-refractivity contribution in [3.8, 4) is 6.07 Å². The molecule has 5 nitrogen and oxygen atoms in total. The molecule has 0 saturated heterocycles. The molecule has 0 saturated carbocycles. The first-order valence-electron chi connectivity index (χ1n) is 5.66. The molecule has 0 atom stereocenters. The third kappa shape index (κ3) is 2.07. The van der Waals surface area contributed by atoms with Crippen molar-refractivity contribution in [2.24, 2.45) is 0 Å². The van der Waals surface area contributed by atoms with Crippen LogP contribution in [0.15, 0.2) is 35.0 Å². The van der Waals surface area contributed by atoms with Gasteiger partial charge in [-0.3, -0.25) is 0 Å². The van der Waals surface area contributed by atoms with Gasteiger partial charge in [0.1, 0.15) is 5.82 Å². The standard InChI is InChI=1S/C13H9ClN4O/c14-6-13-17-11-2-1-9(7-15)5-12(11)18(13)8-10-3-4-16-19-10/h1-5H,6,8H2. The van der Waals surface area contributed by atoms with E-state index in [1.54, 1.807) is 24.4 Å². The smallest absolute Gasteiger partial charge is 0.156 e. The predicted molar refractivity (Wildman–Crippen MR) is 69.6 cm³/mol. The number of fused-ring (bicyclic) bond motifs is 1. The van der Waals surface area contributed by atoms with Gasteiger partial charge in [0.15, 0.2) is 5.76 Å². The van der Waals surface area contributed by atoms with Gasteiger partial charge in [-0.1, -0.05) is 5.16 Å². The van der Waals surface area contributed by atoms with Gasteiger partial charge in [-0.15, -0.1) is 11.6 Å². The first kappa shape index (κ1) is 11.8. The van der Waals surface area contributed by atoms with Crippen molar-refractivity contribution >= 4 is 22.6 Å². The van der Waals surface area contributed by atoms with Crippen LogP contribution in [-0.4, -0.2) is 14.7 Å². The quantitative estimate of drug-likeness (QED) is 0.688. The van der Waals surface area contributed by atoms with Crippen LogP contribution in [0, 0.1) is 11.3 Å². The summed E-state index contributed by atoms with van der Waals surface area (Å²) >= 11 is 5.92. The van der Waals surface area contributed by atoms with Crippen LogP contribution in [0.5, 0.6) is 0 Å². The number of rotatable bonds is 3. The average molecular weight is 273 g/mol. The fourth-order valence-electron chi connectivity index (χ4n) is 2.00. The Morgan fingerprint density at radius 1 is 1.37 bits per heavy atom. The first-order chi connectivity index (χ1) is 9.31. The fourth-order valence-corrected chi connectivity index (χ4v) is 2.20. The summed E-state index contributed by atoms with van der Waals surface area (Å²) in [4.78, 5) is 4.45. The maximum Gasteiger partial charge on any atom is 0.156 e. The highest BCUT2D eigenvalue weighted by Gasteiger charge is 2.12. The van der Waals surface area contributed by atoms with Crippen LogP contribution in [0.25, 0.3) is 11.0 Å². The van der Waals surface area contributed by atoms with Crippen molar-refractivity contribution in [1.29, 1.82) is 5.26 Å². The molecule has 0 aliphatic carbocycles. The normalized spacial score (nSPS) is 10.7. The van der Waals surface area contributed by atoms with Gasteiger partial charge in [0.2, 0.25) is 0 Å². The van der Waals surface area contributed by atoms with Crippen molar-refractivity contribution < 1.29 is 4.52 Å². The largest absolute Gasteiger partial charge is 0.359 e. The Morgan fingerprint density at radius 2 is 2.26 bits per heavy atom. The van der Waals surface area contributed by atoms with E-state index < -0.39 is 0 Å². The zero-order valence-electron chi connectivity index (χ0n) is 9.88. The number of nitriles is 1. The van der Waals surface area contributed by atoms with E-state index in [2.05, 4.69) is 16.2 Å². The number of halogens is 1. The number of hydrogen-bond donors (Lipinski definition) is 0. The number of alkyl halides is 1. The summed E-state index contributed by atoms with van der Waals surface area (Å²) in [5.74, 6) is 1.75. The van der Waals surface area contributed by atoms with E-state index in [4.69, 9.17) is 21.4 Å². The molecule has 0 N–H and O–H groups in total. The maximum atomic E-state index is 8.97. The van der Waals surface area contributed by atoms with Gasteiger partial charge in [-0.2, -0.15) is 5.26 Å². The Labute approximate surface area is 114 Å². The molecule has 1 aromatic carbocycles. The highest BCUT2D eigenvalue weighted by Crippen LogP contribution is 2.20. The Bertz CT molecular complexity index is 755. The van der Waals surface area contributed by atoms with Crippen molar-refractivity contribution in [3.05, 3.63) is 47.6 Å². The fraction of sp³-hybridized carbons (Fsp3) is 0.154. The molecule has 6 heteroatoms. The van der Waals surface area contributed by atoms with Gasteiger partial charge in [-0.05, 0) is 18.2 Å². The second-order valence-electron chi connectivity index (χ2n) is 4.04. The highest BCUT2D eigenvalue weighted by molar-refractivity contribution is 6.16. The van der Waals surface area contributed by atoms with Gasteiger partial charge in [0.05, 0.1) is 41.3 Å². The van der Waals surface area contributed by atoms with E-state index in [-0.39, 0.29) is 0 Å². The molecule has 0 unspecified atom stereocenters. The monoisotopic (exact) mass is 272 g/mol. The number of benzene rings is 1. The lowest BCUT2D eigenvalue weighted by Gasteiger charge is -2.04. The van der Waals surface area contributed by atoms with E-state index in [1.807, 2.05) is 10.6 Å². The molecule has 0 amide bonds. The third-order valence-corrected chi connectivity index (χ3v) is 3.12. The molecular formula is C13H9ClN4O. The molecule has 0 spiro atoms. The van der Waals surface area contributed by atoms with Gasteiger partial charge in [-0.25, -0.2) is 4.98 Å². The molecule has 19 heavy (non-hydrogen) atoms. The third-order valence-electron chi connectivity index (χ3n) is 2.88. The van der Waals surface area contributed by atoms with Crippen molar-refractivity contribution in [2.75, 3.05) is 0 Å². The highest BCUT2D eigenvalue weighted by atomic mass is 35.5. The van der Waals surface area contributed by atoms with Crippen LogP contribution in [0.1, 0.15) is 17.1 Å². The van der Waals surface area contributed by atoms with Crippen LogP contribution in [-0.2, 0) is 12.4 Å². The second-order valence-corrected chi connectivity index (χ2v) is 4.31. The van der Waals surface area contributed by atoms with Crippen molar-refractivity contribution in [1.82, 2.24) is 14.7 Å². The lowest BCUT2D eigenvalue weighted by Crippen LogP contribution is -2.03. The molecule has 0 aliphatic heterocycles. The molecule has 94 valence electrons. The summed E-state index contributed by atoms with van der Waals surface area (Å²) in [6.07, 6.45) is 1.59. The number of imidazole rings is 1. The lowest BCUT2D eigenvalue weighted by atomic mass is 10.2. The van der Waals surface area contributed by atoms with Gasteiger partial charge in [0.25, 0.3) is 0 Å². The van der Waals surface area contributed by atoms with Crippen molar-refractivity contribution in [2.45, 2.75) is 12.4 Å². The molecule has 2 aromatic heterocycles. The minimum absolute atomic E-state index is 0.296. The summed E-state index contributed by atoms with van der Waals surface area (Å²) in [6, 6.07) is 9.28. The molecule has 0 fully saturated rings. The van der Waals surface area contributed by atoms with Crippen LogP contribution < -0.4 is 0 Å². The molecule has 3 aromatic rings. The minimum atomic E-state index is 0.296. The SMILES string of the molecule is N#Cc1ccc2nc(CCl)n(Cc3ccno3)c2c1. The summed E-state index contributed by atoms with van der Waals surface area (Å²) < 4.78 is 7.04. The average Bonchev–Trinajstić information content (AvgIpc) is 3.07. The summed E-state index contributed by atoms with van der Waals surface area (Å²) in [6.45, 7) is 0.493. The Morgan fingerprint density at radius 3 is 2.95 bits per heavy atom. The lowest BCUT2D eigenvalue weighted by molar-refractivity contribution is 0.376. The number of nitrogens with zero attached hydrogens (tertiary/aromatic N) is 4. The first-order valence-corrected chi connectivity index (χ1v) is 6.20. The zero-order valence-corrected chi connectivity index (χ0v) is 10.6. The Kier molecular flexibility index (Phi) is 2.94. The van der Waals surface area contributed by atoms with Crippen molar-refractivity contribution in [3.63, 3.8) is 0 Å². The van der Waals surface area contributed by atoms with Crippen LogP contribution in [0.3, 0.4) is 0 Å². The topological polar surface area (TPSA) is 67.6 Å². The van der Waals surface area contributed by atoms with E-state index in [0.29, 0.717) is 23.7 Å². The summed E-state index contributed by atoms with van der Waals surface area (Å²) in [5, 5.41) is 12.7. The van der Waals surface area contributed by atoms with E-state index >= 15 is 0 Å². The molecule has 0 bridgehead atoms. The zero-order chi connectivity index (χ0) is 13.2. The molecule has 0 radical (unpaired) electrons. The number of aromatic nitrogens is 3. The van der Waals surface area contributed by atoms with Gasteiger partial charge in [0, 0.05) is 6.07 Å². The molecule has 0 aliphatic rings. The predicted octanol–water partition coefficient (Wildman–Crippen LogP) is 2.68. The maximum absolute atomic E-state index is 8.97. The Hall–Kier alpha value is -2.32. The van der Waals surface area contributed by atoms with Crippen LogP contribution >= 0.6 is 11.6 Å². The number of hydrogen-bond acceptors (Lipinski definition) is 4. The van der Waals surface area contributed by atoms with Gasteiger partial charge < -0.3 is 9.09 Å². The Balaban J connectivity index is 2.16. The minimum Gasteiger partial charge on any atom is -0.359 e. The molecule has 2 heterocycles. The summed E-state index contributed by atoms with van der Waals surface area (Å²) in [5.41, 5.74) is 2.27. The molecule has 3 rings (SSSR count). The van der Waals surface area contributed by atoms with E-state index in [1.165, 1.54) is 0 Å². The van der Waals surface area contributed by atoms with E-state index in [9.17, 15) is 0 Å². The second kappa shape index (κ2) is 4.75. The van der Waals surface area contributed by atoms with Crippen LogP contribution in [0.2, 0.25) is 0 Å². The van der Waals surface area contributed by atoms with Crippen LogP contribution in [0.4, 0.5) is 0 Å². The van der Waals surface area contributed by atoms with E-state index in [0.717, 1.165) is 16.9 Å². The van der Waals surface area contributed by atoms with Gasteiger partial charge >= 0.3 is 0 Å². The molecular weight excluding hydrogens is 264 g/mol. The summed E-state index contributed by atoms with van der Waals surface area (Å²) in [7, 11) is 0.